The van der Waals surface area contributed by atoms with Gasteiger partial charge in [-0.15, -0.1) is 0 Å². The first-order valence-corrected chi connectivity index (χ1v) is 18.7. The maximum absolute atomic E-state index is 6.90. The number of hydrogen-bond donors (Lipinski definition) is 2. The van der Waals surface area contributed by atoms with Gasteiger partial charge in [-0.1, -0.05) is 104 Å². The lowest BCUT2D eigenvalue weighted by Crippen LogP contribution is -2.39. The molecule has 0 spiro atoms. The molecular weight excluding hydrogens is 532 g/mol. The summed E-state index contributed by atoms with van der Waals surface area (Å²) in [5.74, 6) is 4.40. The van der Waals surface area contributed by atoms with Gasteiger partial charge in [-0.3, -0.25) is 0 Å². The van der Waals surface area contributed by atoms with Crippen molar-refractivity contribution in [2.45, 2.75) is 134 Å². The lowest BCUT2D eigenvalue weighted by Gasteiger charge is -2.42. The van der Waals surface area contributed by atoms with E-state index >= 15 is 0 Å². The maximum Gasteiger partial charge on any atom is 0.0334 e. The molecule has 236 valence electrons. The van der Waals surface area contributed by atoms with Crippen LogP contribution in [0.5, 0.6) is 0 Å². The molecule has 6 aliphatic carbocycles. The molecule has 2 nitrogen and oxygen atoms in total. The highest BCUT2D eigenvalue weighted by Gasteiger charge is 2.37. The quantitative estimate of drug-likeness (QED) is 0.310. The highest BCUT2D eigenvalue weighted by molar-refractivity contribution is 5.33. The monoisotopic (exact) mass is 590 g/mol. The fourth-order valence-corrected chi connectivity index (χ4v) is 10.4. The number of allylic oxidation sites excluding steroid dienone is 8. The van der Waals surface area contributed by atoms with Crippen LogP contribution in [-0.4, -0.2) is 12.1 Å². The van der Waals surface area contributed by atoms with E-state index in [2.05, 4.69) is 72.1 Å². The summed E-state index contributed by atoms with van der Waals surface area (Å²) in [6.07, 6.45) is 38.8. The van der Waals surface area contributed by atoms with Gasteiger partial charge in [0.05, 0.1) is 0 Å². The van der Waals surface area contributed by atoms with Crippen LogP contribution < -0.4 is 11.1 Å². The molecule has 6 aliphatic rings. The highest BCUT2D eigenvalue weighted by atomic mass is 14.9. The van der Waals surface area contributed by atoms with E-state index in [0.29, 0.717) is 23.9 Å². The second-order valence-electron chi connectivity index (χ2n) is 15.4. The SMILES string of the molecule is NC1CC(C2CCC[C@H](C3=C(NC4CC(C5CCCCC5)=CC(C5=CC=CCC5)C4)C=CCC3)C2)CCC1c1ccccc1. The molecule has 3 saturated carbocycles. The topological polar surface area (TPSA) is 38.0 Å². The first kappa shape index (κ1) is 30.3. The largest absolute Gasteiger partial charge is 0.382 e. The van der Waals surface area contributed by atoms with Crippen molar-refractivity contribution >= 4 is 0 Å². The van der Waals surface area contributed by atoms with Gasteiger partial charge in [-0.05, 0) is 130 Å². The molecule has 6 unspecified atom stereocenters. The van der Waals surface area contributed by atoms with E-state index in [1.165, 1.54) is 127 Å². The molecule has 0 heterocycles. The summed E-state index contributed by atoms with van der Waals surface area (Å²) in [6, 6.07) is 12.0. The fraction of sp³-hybridized carbons (Fsp3) is 0.619. The molecule has 0 aliphatic heterocycles. The maximum atomic E-state index is 6.90. The first-order valence-electron chi connectivity index (χ1n) is 18.7. The van der Waals surface area contributed by atoms with Gasteiger partial charge in [0.1, 0.15) is 0 Å². The molecule has 0 amide bonds. The number of hydrogen-bond acceptors (Lipinski definition) is 2. The van der Waals surface area contributed by atoms with E-state index in [4.69, 9.17) is 5.73 Å². The van der Waals surface area contributed by atoms with Crippen molar-refractivity contribution < 1.29 is 0 Å². The Bertz CT molecular complexity index is 1260. The standard InChI is InChI=1S/C42H58N2/c43-41-29-34(23-24-39(41)32-17-8-3-9-18-32)33-19-12-20-35(25-33)40-21-10-11-22-42(40)44-38-27-36(30-13-4-1-5-14-30)26-37(28-38)31-15-6-2-7-16-31/h1,3-4,8-9,11,13,17-18,22,26,31,33-36,38-39,41,44H,2,5-7,10,12,14-16,19-21,23-25,27-29,43H2/t33?,34?,35-,36?,38?,39?,41?/m0/s1. The molecule has 7 rings (SSSR count). The third-order valence-electron chi connectivity index (χ3n) is 12.7. The van der Waals surface area contributed by atoms with E-state index in [1.54, 1.807) is 16.7 Å². The summed E-state index contributed by atoms with van der Waals surface area (Å²) in [5.41, 5.74) is 15.1. The van der Waals surface area contributed by atoms with E-state index < -0.39 is 0 Å². The van der Waals surface area contributed by atoms with Crippen LogP contribution in [0.4, 0.5) is 0 Å². The normalized spacial score (nSPS) is 35.2. The predicted octanol–water partition coefficient (Wildman–Crippen LogP) is 10.5. The molecule has 0 radical (unpaired) electrons. The van der Waals surface area contributed by atoms with Crippen molar-refractivity contribution in [2.24, 2.45) is 35.3 Å². The summed E-state index contributed by atoms with van der Waals surface area (Å²) >= 11 is 0. The molecule has 0 aromatic heterocycles. The second-order valence-corrected chi connectivity index (χ2v) is 15.4. The zero-order chi connectivity index (χ0) is 29.7. The van der Waals surface area contributed by atoms with Crippen LogP contribution in [0.2, 0.25) is 0 Å². The molecule has 2 heteroatoms. The van der Waals surface area contributed by atoms with Crippen molar-refractivity contribution in [2.75, 3.05) is 0 Å². The molecule has 0 bridgehead atoms. The Hall–Kier alpha value is -2.32. The van der Waals surface area contributed by atoms with Crippen LogP contribution in [0.1, 0.15) is 127 Å². The molecule has 44 heavy (non-hydrogen) atoms. The first-order chi connectivity index (χ1) is 21.7. The third kappa shape index (κ3) is 7.06. The lowest BCUT2D eigenvalue weighted by atomic mass is 9.65. The Kier molecular flexibility index (Phi) is 9.93. The summed E-state index contributed by atoms with van der Waals surface area (Å²) in [7, 11) is 0. The Balaban J connectivity index is 1.04. The van der Waals surface area contributed by atoms with Gasteiger partial charge in [-0.2, -0.15) is 0 Å². The van der Waals surface area contributed by atoms with Gasteiger partial charge < -0.3 is 11.1 Å². The highest BCUT2D eigenvalue weighted by Crippen LogP contribution is 2.47. The summed E-state index contributed by atoms with van der Waals surface area (Å²) in [5, 5.41) is 4.26. The van der Waals surface area contributed by atoms with E-state index in [1.807, 2.05) is 0 Å². The number of nitrogens with one attached hydrogen (secondary N) is 1. The van der Waals surface area contributed by atoms with Gasteiger partial charge >= 0.3 is 0 Å². The van der Waals surface area contributed by atoms with Gasteiger partial charge in [0.25, 0.3) is 0 Å². The molecule has 0 saturated heterocycles. The van der Waals surface area contributed by atoms with Gasteiger partial charge in [0, 0.05) is 23.7 Å². The van der Waals surface area contributed by atoms with Gasteiger partial charge in [-0.25, -0.2) is 0 Å². The van der Waals surface area contributed by atoms with Crippen LogP contribution in [0.15, 0.2) is 89.2 Å². The van der Waals surface area contributed by atoms with Crippen molar-refractivity contribution in [3.63, 3.8) is 0 Å². The molecular formula is C42H58N2. The van der Waals surface area contributed by atoms with Crippen LogP contribution in [-0.2, 0) is 0 Å². The Morgan fingerprint density at radius 2 is 1.52 bits per heavy atom. The Morgan fingerprint density at radius 3 is 2.34 bits per heavy atom. The van der Waals surface area contributed by atoms with Crippen LogP contribution in [0.25, 0.3) is 0 Å². The Labute approximate surface area is 268 Å². The average Bonchev–Trinajstić information content (AvgIpc) is 3.09. The zero-order valence-electron chi connectivity index (χ0n) is 27.3. The van der Waals surface area contributed by atoms with Crippen molar-refractivity contribution in [1.29, 1.82) is 0 Å². The van der Waals surface area contributed by atoms with Crippen LogP contribution >= 0.6 is 0 Å². The number of benzene rings is 1. The molecule has 3 N–H and O–H groups in total. The average molecular weight is 591 g/mol. The minimum absolute atomic E-state index is 0.311. The molecule has 1 aromatic rings. The van der Waals surface area contributed by atoms with E-state index in [-0.39, 0.29) is 0 Å². The smallest absolute Gasteiger partial charge is 0.0334 e. The number of nitrogens with two attached hydrogens (primary N) is 1. The summed E-state index contributed by atoms with van der Waals surface area (Å²) in [6.45, 7) is 0. The second kappa shape index (κ2) is 14.4. The van der Waals surface area contributed by atoms with Crippen molar-refractivity contribution in [3.8, 4) is 0 Å². The third-order valence-corrected chi connectivity index (χ3v) is 12.7. The zero-order valence-corrected chi connectivity index (χ0v) is 27.3. The molecule has 1 aromatic carbocycles. The predicted molar refractivity (Wildman–Crippen MR) is 186 cm³/mol. The summed E-state index contributed by atoms with van der Waals surface area (Å²) in [4.78, 5) is 0. The van der Waals surface area contributed by atoms with Crippen molar-refractivity contribution in [1.82, 2.24) is 5.32 Å². The lowest BCUT2D eigenvalue weighted by molar-refractivity contribution is 0.150. The molecule has 7 atom stereocenters. The molecule has 3 fully saturated rings. The minimum Gasteiger partial charge on any atom is -0.382 e. The van der Waals surface area contributed by atoms with Crippen LogP contribution in [0, 0.1) is 29.6 Å². The van der Waals surface area contributed by atoms with E-state index in [9.17, 15) is 0 Å². The van der Waals surface area contributed by atoms with Crippen LogP contribution in [0.3, 0.4) is 0 Å². The Morgan fingerprint density at radius 1 is 0.705 bits per heavy atom. The fourth-order valence-electron chi connectivity index (χ4n) is 10.4. The summed E-state index contributed by atoms with van der Waals surface area (Å²) < 4.78 is 0. The number of rotatable bonds is 7. The van der Waals surface area contributed by atoms with Crippen molar-refractivity contribution in [3.05, 3.63) is 94.8 Å². The van der Waals surface area contributed by atoms with E-state index in [0.717, 1.165) is 23.7 Å². The minimum atomic E-state index is 0.311. The van der Waals surface area contributed by atoms with Gasteiger partial charge in [0.15, 0.2) is 0 Å². The van der Waals surface area contributed by atoms with Gasteiger partial charge in [0.2, 0.25) is 0 Å².